The normalized spacial score (nSPS) is 36.7. The van der Waals surface area contributed by atoms with E-state index in [1.165, 1.54) is 4.31 Å². The maximum atomic E-state index is 11.5. The zero-order chi connectivity index (χ0) is 11.1. The Morgan fingerprint density at radius 2 is 2.07 bits per heavy atom. The second kappa shape index (κ2) is 4.01. The summed E-state index contributed by atoms with van der Waals surface area (Å²) in [6.07, 6.45) is 1.91. The zero-order valence-electron chi connectivity index (χ0n) is 9.09. The van der Waals surface area contributed by atoms with Gasteiger partial charge in [0.05, 0.1) is 5.75 Å². The number of likely N-dealkylation sites (N-methyl/N-ethyl adjacent to an activating group) is 1. The van der Waals surface area contributed by atoms with Gasteiger partial charge < -0.3 is 5.73 Å². The number of rotatable bonds is 3. The molecule has 2 aliphatic rings. The summed E-state index contributed by atoms with van der Waals surface area (Å²) in [5.41, 5.74) is 5.61. The van der Waals surface area contributed by atoms with E-state index in [1.54, 1.807) is 7.05 Å². The van der Waals surface area contributed by atoms with Gasteiger partial charge in [-0.25, -0.2) is 12.7 Å². The van der Waals surface area contributed by atoms with Crippen molar-refractivity contribution < 1.29 is 8.42 Å². The van der Waals surface area contributed by atoms with E-state index in [2.05, 4.69) is 4.90 Å². The molecule has 5 nitrogen and oxygen atoms in total. The molecule has 0 aliphatic carbocycles. The third kappa shape index (κ3) is 2.04. The molecule has 0 aromatic rings. The zero-order valence-corrected chi connectivity index (χ0v) is 9.91. The first-order valence-corrected chi connectivity index (χ1v) is 7.05. The maximum absolute atomic E-state index is 11.5. The largest absolute Gasteiger partial charge is 0.329 e. The Bertz CT molecular complexity index is 328. The Kier molecular flexibility index (Phi) is 3.03. The predicted octanol–water partition coefficient (Wildman–Crippen LogP) is -0.947. The fraction of sp³-hybridized carbons (Fsp3) is 1.00. The summed E-state index contributed by atoms with van der Waals surface area (Å²) in [4.78, 5) is 2.29. The van der Waals surface area contributed by atoms with Crippen LogP contribution in [0, 0.1) is 0 Å². The molecular formula is C9H19N3O2S. The van der Waals surface area contributed by atoms with E-state index in [1.807, 2.05) is 0 Å². The Balaban J connectivity index is 1.91. The Labute approximate surface area is 91.3 Å². The molecule has 0 aromatic heterocycles. The lowest BCUT2D eigenvalue weighted by atomic mass is 10.0. The van der Waals surface area contributed by atoms with Crippen LogP contribution >= 0.6 is 0 Å². The smallest absolute Gasteiger partial charge is 0.214 e. The van der Waals surface area contributed by atoms with Gasteiger partial charge in [0.2, 0.25) is 10.0 Å². The summed E-state index contributed by atoms with van der Waals surface area (Å²) in [6, 6.07) is 0.631. The molecule has 2 saturated heterocycles. The van der Waals surface area contributed by atoms with Crippen LogP contribution in [0.4, 0.5) is 0 Å². The van der Waals surface area contributed by atoms with E-state index in [9.17, 15) is 8.42 Å². The SMILES string of the molecule is CN1C(CN2CCC2CN)CCS1(=O)=O. The molecule has 0 amide bonds. The van der Waals surface area contributed by atoms with Crippen LogP contribution in [-0.4, -0.2) is 62.1 Å². The van der Waals surface area contributed by atoms with Crippen molar-refractivity contribution in [2.75, 3.05) is 32.4 Å². The van der Waals surface area contributed by atoms with Gasteiger partial charge in [-0.15, -0.1) is 0 Å². The molecule has 2 aliphatic heterocycles. The van der Waals surface area contributed by atoms with Crippen LogP contribution in [0.2, 0.25) is 0 Å². The molecule has 0 aromatic carbocycles. The second-order valence-corrected chi connectivity index (χ2v) is 6.60. The van der Waals surface area contributed by atoms with Crippen LogP contribution in [-0.2, 0) is 10.0 Å². The number of hydrogen-bond acceptors (Lipinski definition) is 4. The van der Waals surface area contributed by atoms with Crippen LogP contribution < -0.4 is 5.73 Å². The van der Waals surface area contributed by atoms with E-state index >= 15 is 0 Å². The van der Waals surface area contributed by atoms with E-state index in [-0.39, 0.29) is 6.04 Å². The fourth-order valence-corrected chi connectivity index (χ4v) is 3.80. The van der Waals surface area contributed by atoms with Gasteiger partial charge in [0.25, 0.3) is 0 Å². The average molecular weight is 233 g/mol. The first-order chi connectivity index (χ1) is 7.04. The minimum atomic E-state index is -2.95. The third-order valence-electron chi connectivity index (χ3n) is 3.65. The molecule has 0 spiro atoms. The highest BCUT2D eigenvalue weighted by molar-refractivity contribution is 7.89. The van der Waals surface area contributed by atoms with Crippen molar-refractivity contribution in [2.45, 2.75) is 24.9 Å². The highest BCUT2D eigenvalue weighted by Gasteiger charge is 2.37. The molecule has 88 valence electrons. The Morgan fingerprint density at radius 1 is 1.33 bits per heavy atom. The quantitative estimate of drug-likeness (QED) is 0.683. The molecular weight excluding hydrogens is 214 g/mol. The van der Waals surface area contributed by atoms with Crippen LogP contribution in [0.3, 0.4) is 0 Å². The molecule has 0 radical (unpaired) electrons. The van der Waals surface area contributed by atoms with Crippen molar-refractivity contribution in [3.05, 3.63) is 0 Å². The summed E-state index contributed by atoms with van der Waals surface area (Å²) in [5, 5.41) is 0. The lowest BCUT2D eigenvalue weighted by Gasteiger charge is -2.42. The minimum absolute atomic E-state index is 0.157. The van der Waals surface area contributed by atoms with Crippen molar-refractivity contribution in [3.8, 4) is 0 Å². The van der Waals surface area contributed by atoms with Crippen LogP contribution in [0.1, 0.15) is 12.8 Å². The highest BCUT2D eigenvalue weighted by Crippen LogP contribution is 2.24. The van der Waals surface area contributed by atoms with Gasteiger partial charge in [-0.2, -0.15) is 0 Å². The minimum Gasteiger partial charge on any atom is -0.329 e. The third-order valence-corrected chi connectivity index (χ3v) is 5.57. The molecule has 15 heavy (non-hydrogen) atoms. The standard InChI is InChI=1S/C9H19N3O2S/c1-11-9(3-5-15(11,13)14)7-12-4-2-8(12)6-10/h8-9H,2-7,10H2,1H3. The van der Waals surface area contributed by atoms with Crippen molar-refractivity contribution in [1.82, 2.24) is 9.21 Å². The first-order valence-electron chi connectivity index (χ1n) is 5.44. The van der Waals surface area contributed by atoms with Gasteiger partial charge in [-0.05, 0) is 12.8 Å². The van der Waals surface area contributed by atoms with Crippen molar-refractivity contribution >= 4 is 10.0 Å². The number of likely N-dealkylation sites (tertiary alicyclic amines) is 1. The van der Waals surface area contributed by atoms with Crippen LogP contribution in [0.25, 0.3) is 0 Å². The van der Waals surface area contributed by atoms with Crippen molar-refractivity contribution in [2.24, 2.45) is 5.73 Å². The van der Waals surface area contributed by atoms with E-state index < -0.39 is 10.0 Å². The second-order valence-electron chi connectivity index (χ2n) is 4.45. The lowest BCUT2D eigenvalue weighted by Crippen LogP contribution is -2.55. The summed E-state index contributed by atoms with van der Waals surface area (Å²) in [7, 11) is -1.27. The van der Waals surface area contributed by atoms with E-state index in [0.717, 1.165) is 25.9 Å². The summed E-state index contributed by atoms with van der Waals surface area (Å²) < 4.78 is 24.5. The summed E-state index contributed by atoms with van der Waals surface area (Å²) >= 11 is 0. The molecule has 2 atom stereocenters. The topological polar surface area (TPSA) is 66.6 Å². The fourth-order valence-electron chi connectivity index (χ4n) is 2.32. The molecule has 2 fully saturated rings. The number of nitrogens with zero attached hydrogens (tertiary/aromatic N) is 2. The Morgan fingerprint density at radius 3 is 2.47 bits per heavy atom. The Hall–Kier alpha value is -0.170. The predicted molar refractivity (Wildman–Crippen MR) is 59.0 cm³/mol. The van der Waals surface area contributed by atoms with Crippen molar-refractivity contribution in [3.63, 3.8) is 0 Å². The molecule has 0 saturated carbocycles. The summed E-state index contributed by atoms with van der Waals surface area (Å²) in [6.45, 7) is 2.59. The summed E-state index contributed by atoms with van der Waals surface area (Å²) in [5.74, 6) is 0.301. The molecule has 2 unspecified atom stereocenters. The van der Waals surface area contributed by atoms with E-state index in [4.69, 9.17) is 5.73 Å². The van der Waals surface area contributed by atoms with Gasteiger partial charge in [-0.3, -0.25) is 4.90 Å². The highest BCUT2D eigenvalue weighted by atomic mass is 32.2. The first kappa shape index (κ1) is 11.3. The van der Waals surface area contributed by atoms with Gasteiger partial charge in [-0.1, -0.05) is 0 Å². The van der Waals surface area contributed by atoms with Gasteiger partial charge >= 0.3 is 0 Å². The molecule has 2 heterocycles. The molecule has 2 N–H and O–H groups in total. The average Bonchev–Trinajstić information content (AvgIpc) is 2.39. The van der Waals surface area contributed by atoms with Gasteiger partial charge in [0.15, 0.2) is 0 Å². The lowest BCUT2D eigenvalue weighted by molar-refractivity contribution is 0.0761. The van der Waals surface area contributed by atoms with Gasteiger partial charge in [0, 0.05) is 38.8 Å². The number of nitrogens with two attached hydrogens (primary N) is 1. The van der Waals surface area contributed by atoms with Crippen LogP contribution in [0.15, 0.2) is 0 Å². The monoisotopic (exact) mass is 233 g/mol. The van der Waals surface area contributed by atoms with Crippen molar-refractivity contribution in [1.29, 1.82) is 0 Å². The maximum Gasteiger partial charge on any atom is 0.214 e. The molecule has 6 heteroatoms. The van der Waals surface area contributed by atoms with Crippen LogP contribution in [0.5, 0.6) is 0 Å². The van der Waals surface area contributed by atoms with E-state index in [0.29, 0.717) is 18.3 Å². The van der Waals surface area contributed by atoms with Gasteiger partial charge in [0.1, 0.15) is 0 Å². The molecule has 0 bridgehead atoms. The molecule has 2 rings (SSSR count). The number of hydrogen-bond donors (Lipinski definition) is 1. The number of sulfonamides is 1.